The normalized spacial score (nSPS) is 16.4. The number of esters is 1. The third-order valence-electron chi connectivity index (χ3n) is 8.57. The quantitative estimate of drug-likeness (QED) is 0.00969. The van der Waals surface area contributed by atoms with E-state index < -0.39 is 84.6 Å². The molecule has 314 valence electrons. The zero-order valence-corrected chi connectivity index (χ0v) is 36.7. The molecule has 22 nitrogen and oxygen atoms in total. The molecular weight excluding hydrogens is 894 g/mol. The summed E-state index contributed by atoms with van der Waals surface area (Å²) in [5, 5.41) is 60.3. The average molecular weight is 924 g/mol. The summed E-state index contributed by atoms with van der Waals surface area (Å²) in [5.41, 5.74) is 5.76. The average Bonchev–Trinajstić information content (AvgIpc) is 3.83. The minimum Gasteiger partial charge on any atom is -1.00 e. The maximum atomic E-state index is 13.5. The minimum atomic E-state index is -4.25. The van der Waals surface area contributed by atoms with E-state index in [0.29, 0.717) is 16.3 Å². The number of carboxylic acid groups (broad SMARTS) is 1. The second kappa shape index (κ2) is 18.1. The number of sulfone groups is 1. The van der Waals surface area contributed by atoms with Crippen LogP contribution in [-0.2, 0) is 40.4 Å². The number of aryl methyl sites for hydroxylation is 1. The Bertz CT molecular complexity index is 2790. The van der Waals surface area contributed by atoms with Gasteiger partial charge in [-0.25, -0.2) is 28.0 Å². The first kappa shape index (κ1) is 44.9. The number of rotatable bonds is 14. The number of aliphatic carboxylic acids is 1. The monoisotopic (exact) mass is 923 g/mol. The minimum absolute atomic E-state index is 0. The number of benzene rings is 2. The van der Waals surface area contributed by atoms with Crippen molar-refractivity contribution in [2.24, 2.45) is 5.16 Å². The second-order valence-corrected chi connectivity index (χ2v) is 17.6. The van der Waals surface area contributed by atoms with Gasteiger partial charge in [-0.05, 0) is 48.9 Å². The van der Waals surface area contributed by atoms with Crippen molar-refractivity contribution in [1.82, 2.24) is 34.8 Å². The van der Waals surface area contributed by atoms with Crippen LogP contribution in [0.5, 0.6) is 23.0 Å². The van der Waals surface area contributed by atoms with Crippen LogP contribution < -0.4 is 40.6 Å². The molecule has 2 atom stereocenters. The number of nitrogens with two attached hydrogens (primary N) is 1. The van der Waals surface area contributed by atoms with Crippen molar-refractivity contribution in [2.45, 2.75) is 34.9 Å². The fraction of sp³-hybridized carbons (Fsp3) is 0.206. The number of phenolic OH excluding ortho intramolecular Hbond substituents is 4. The Kier molecular flexibility index (Phi) is 13.4. The summed E-state index contributed by atoms with van der Waals surface area (Å²) in [4.78, 5) is 70.5. The number of hydrogen-bond acceptors (Lipinski definition) is 21. The Morgan fingerprint density at radius 3 is 2.44 bits per heavy atom. The number of anilines is 1. The summed E-state index contributed by atoms with van der Waals surface area (Å²) < 4.78 is 32.2. The van der Waals surface area contributed by atoms with Gasteiger partial charge in [0.2, 0.25) is 15.8 Å². The number of fused-ring (bicyclic) bond motifs is 2. The van der Waals surface area contributed by atoms with Crippen LogP contribution in [0.15, 0.2) is 74.2 Å². The maximum absolute atomic E-state index is 13.5. The van der Waals surface area contributed by atoms with Crippen molar-refractivity contribution in [3.8, 4) is 23.0 Å². The summed E-state index contributed by atoms with van der Waals surface area (Å²) in [6.07, 6.45) is 0. The van der Waals surface area contributed by atoms with E-state index in [1.165, 1.54) is 39.5 Å². The summed E-state index contributed by atoms with van der Waals surface area (Å²) in [7, 11) is -4.25. The molecule has 0 saturated carbocycles. The molecular formula is C34H30N9NaO13S4. The number of amides is 2. The Morgan fingerprint density at radius 1 is 1.05 bits per heavy atom. The van der Waals surface area contributed by atoms with Crippen LogP contribution in [0.1, 0.15) is 29.0 Å². The van der Waals surface area contributed by atoms with Crippen molar-refractivity contribution in [3.05, 3.63) is 81.9 Å². The SMILES string of the molecule is Cc1cc(SCC2=C(C(=O)O)N3C(=O)[C@@H](NC(=O)/C(=N\OCS(=O)(=O)c4ccc(O)c(O)c4)c4csc(N)n4)[C@H]3SC2)n2nc(COC(=O)c3ccc(O)c(O)c3)nc2n1.[H-].[Na+]. The molecule has 3 aromatic heterocycles. The summed E-state index contributed by atoms with van der Waals surface area (Å²) >= 11 is 3.32. The first-order chi connectivity index (χ1) is 28.5. The van der Waals surface area contributed by atoms with Gasteiger partial charge in [-0.3, -0.25) is 14.5 Å². The molecule has 0 aliphatic carbocycles. The maximum Gasteiger partial charge on any atom is 1.00 e. The van der Waals surface area contributed by atoms with Crippen molar-refractivity contribution in [2.75, 3.05) is 23.2 Å². The number of aromatic nitrogens is 5. The molecule has 0 bridgehead atoms. The summed E-state index contributed by atoms with van der Waals surface area (Å²) in [6, 6.07) is 6.71. The molecule has 5 aromatic rings. The number of carbonyl (C=O) groups is 4. The van der Waals surface area contributed by atoms with Gasteiger partial charge in [-0.15, -0.1) is 40.0 Å². The van der Waals surface area contributed by atoms with Crippen molar-refractivity contribution >= 4 is 85.1 Å². The number of thioether (sulfide) groups is 2. The second-order valence-electron chi connectivity index (χ2n) is 12.7. The van der Waals surface area contributed by atoms with Gasteiger partial charge in [0.25, 0.3) is 17.6 Å². The van der Waals surface area contributed by atoms with Gasteiger partial charge in [0.1, 0.15) is 27.8 Å². The molecule has 8 N–H and O–H groups in total. The van der Waals surface area contributed by atoms with Crippen LogP contribution in [0.3, 0.4) is 0 Å². The van der Waals surface area contributed by atoms with E-state index in [1.807, 2.05) is 0 Å². The molecule has 0 unspecified atom stereocenters. The Hall–Kier alpha value is -5.64. The van der Waals surface area contributed by atoms with Gasteiger partial charge in [0.15, 0.2) is 46.3 Å². The Morgan fingerprint density at radius 2 is 1.77 bits per heavy atom. The predicted octanol–water partition coefficient (Wildman–Crippen LogP) is -1.55. The van der Waals surface area contributed by atoms with Crippen molar-refractivity contribution < 1.29 is 93.7 Å². The number of nitrogens with one attached hydrogen (secondary N) is 1. The van der Waals surface area contributed by atoms with E-state index in [2.05, 4.69) is 30.5 Å². The molecule has 0 spiro atoms. The van der Waals surface area contributed by atoms with E-state index in [1.54, 1.807) is 13.0 Å². The third-order valence-corrected chi connectivity index (χ3v) is 13.1. The number of nitrogen functional groups attached to an aromatic ring is 1. The summed E-state index contributed by atoms with van der Waals surface area (Å²) in [5.74, 6) is -6.68. The van der Waals surface area contributed by atoms with Crippen LogP contribution in [0, 0.1) is 6.92 Å². The smallest absolute Gasteiger partial charge is 1.00 e. The van der Waals surface area contributed by atoms with Crippen LogP contribution in [0.2, 0.25) is 0 Å². The number of thiazole rings is 1. The van der Waals surface area contributed by atoms with Crippen LogP contribution in [0.4, 0.5) is 5.13 Å². The molecule has 2 aliphatic heterocycles. The predicted molar refractivity (Wildman–Crippen MR) is 212 cm³/mol. The zero-order chi connectivity index (χ0) is 43.0. The summed E-state index contributed by atoms with van der Waals surface area (Å²) in [6.45, 7) is 1.35. The van der Waals surface area contributed by atoms with Gasteiger partial charge in [0, 0.05) is 28.6 Å². The van der Waals surface area contributed by atoms with E-state index in [0.717, 1.165) is 46.6 Å². The fourth-order valence-corrected chi connectivity index (χ4v) is 9.69. The van der Waals surface area contributed by atoms with Gasteiger partial charge in [-0.2, -0.15) is 9.50 Å². The zero-order valence-electron chi connectivity index (χ0n) is 32.4. The standard InChI is InChI=1S/C34H29N9O13S4.Na.H/c1-14-6-24(43-34(36-14)38-23(40-43)9-55-32(52)15-2-4-19(44)21(46)7-15)57-10-16-11-58-30-26(29(49)42(30)27(16)31(50)51)39-28(48)25(18-12-59-33(35)37-18)41-56-13-60(53,54)17-3-5-20(45)22(47)8-17;;/h2-8,12,26,30,44-47H,9-11,13H2,1H3,(H2,35,37)(H,39,48)(H,50,51);;/q;+1;-1/b41-25-;;/t26-,30-;;/m1../s1. The molecule has 2 amide bonds. The molecule has 1 fully saturated rings. The van der Waals surface area contributed by atoms with Crippen molar-refractivity contribution in [3.63, 3.8) is 0 Å². The van der Waals surface area contributed by atoms with Gasteiger partial charge < -0.3 is 47.6 Å². The van der Waals surface area contributed by atoms with Crippen LogP contribution in [0.25, 0.3) is 5.78 Å². The topological polar surface area (TPSA) is 332 Å². The fourth-order valence-electron chi connectivity index (χ4n) is 5.71. The molecule has 1 saturated heterocycles. The van der Waals surface area contributed by atoms with Crippen LogP contribution >= 0.6 is 34.9 Å². The van der Waals surface area contributed by atoms with E-state index >= 15 is 0 Å². The number of carbonyl (C=O) groups excluding carboxylic acids is 3. The van der Waals surface area contributed by atoms with Gasteiger partial charge in [-0.1, -0.05) is 5.16 Å². The number of β-lactam (4-membered cyclic amide) rings is 1. The van der Waals surface area contributed by atoms with E-state index in [-0.39, 0.29) is 82.8 Å². The first-order valence-electron chi connectivity index (χ1n) is 16.9. The molecule has 2 aliphatic rings. The Balaban J connectivity index is 0.00000363. The largest absolute Gasteiger partial charge is 1.00 e. The number of carboxylic acids is 1. The van der Waals surface area contributed by atoms with Crippen LogP contribution in [-0.4, -0.2) is 122 Å². The molecule has 0 radical (unpaired) electrons. The van der Waals surface area contributed by atoms with Gasteiger partial charge in [0.05, 0.1) is 10.5 Å². The molecule has 5 heterocycles. The number of hydrogen-bond donors (Lipinski definition) is 7. The number of nitrogens with zero attached hydrogens (tertiary/aromatic N) is 7. The number of oxime groups is 1. The molecule has 7 rings (SSSR count). The number of aromatic hydroxyl groups is 4. The molecule has 61 heavy (non-hydrogen) atoms. The van der Waals surface area contributed by atoms with Crippen molar-refractivity contribution in [1.29, 1.82) is 0 Å². The number of phenols is 4. The first-order valence-corrected chi connectivity index (χ1v) is 21.5. The van der Waals surface area contributed by atoms with E-state index in [9.17, 15) is 53.1 Å². The molecule has 27 heteroatoms. The van der Waals surface area contributed by atoms with E-state index in [4.69, 9.17) is 15.3 Å². The molecule has 2 aromatic carbocycles. The third kappa shape index (κ3) is 9.48. The number of ether oxygens (including phenoxy) is 1. The van der Waals surface area contributed by atoms with Gasteiger partial charge >= 0.3 is 41.5 Å². The Labute approximate surface area is 379 Å².